The highest BCUT2D eigenvalue weighted by atomic mass is 16.4. The predicted molar refractivity (Wildman–Crippen MR) is 133 cm³/mol. The molecule has 0 heterocycles. The summed E-state index contributed by atoms with van der Waals surface area (Å²) in [6.45, 7) is 12.7. The Labute approximate surface area is 195 Å². The van der Waals surface area contributed by atoms with Crippen molar-refractivity contribution in [3.05, 3.63) is 82.4 Å². The van der Waals surface area contributed by atoms with E-state index in [-0.39, 0.29) is 16.5 Å². The van der Waals surface area contributed by atoms with Gasteiger partial charge >= 0.3 is 11.9 Å². The number of aryl methyl sites for hydroxylation is 1. The Morgan fingerprint density at radius 3 is 1.70 bits per heavy atom. The Morgan fingerprint density at radius 2 is 1.27 bits per heavy atom. The molecule has 4 nitrogen and oxygen atoms in total. The fourth-order valence-corrected chi connectivity index (χ4v) is 4.57. The van der Waals surface area contributed by atoms with Gasteiger partial charge in [0.1, 0.15) is 0 Å². The first kappa shape index (κ1) is 24.2. The molecule has 0 aromatic heterocycles. The number of rotatable bonds is 6. The van der Waals surface area contributed by atoms with Gasteiger partial charge in [0, 0.05) is 0 Å². The molecule has 0 amide bonds. The molecule has 3 aromatic carbocycles. The summed E-state index contributed by atoms with van der Waals surface area (Å²) in [7, 11) is 0. The molecule has 3 rings (SSSR count). The largest absolute Gasteiger partial charge is 0.478 e. The van der Waals surface area contributed by atoms with Crippen molar-refractivity contribution in [1.29, 1.82) is 0 Å². The van der Waals surface area contributed by atoms with Crippen LogP contribution in [0.3, 0.4) is 0 Å². The van der Waals surface area contributed by atoms with Crippen molar-refractivity contribution in [2.45, 2.75) is 53.4 Å². The monoisotopic (exact) mass is 444 g/mol. The van der Waals surface area contributed by atoms with Crippen LogP contribution in [0.2, 0.25) is 0 Å². The molecular weight excluding hydrogens is 412 g/mol. The van der Waals surface area contributed by atoms with E-state index in [1.807, 2.05) is 31.2 Å². The minimum atomic E-state index is -1.01. The lowest BCUT2D eigenvalue weighted by Crippen LogP contribution is -2.18. The molecular formula is C29H32O4. The Kier molecular flexibility index (Phi) is 6.78. The molecule has 2 N–H and O–H groups in total. The normalized spacial score (nSPS) is 11.6. The zero-order valence-corrected chi connectivity index (χ0v) is 20.2. The Hall–Kier alpha value is -3.40. The summed E-state index contributed by atoms with van der Waals surface area (Å²) < 4.78 is 0. The van der Waals surface area contributed by atoms with Crippen molar-refractivity contribution in [2.75, 3.05) is 0 Å². The van der Waals surface area contributed by atoms with Crippen LogP contribution in [-0.4, -0.2) is 22.2 Å². The van der Waals surface area contributed by atoms with Crippen molar-refractivity contribution in [3.63, 3.8) is 0 Å². The fraction of sp³-hybridized carbons (Fsp3) is 0.310. The van der Waals surface area contributed by atoms with E-state index in [1.165, 1.54) is 0 Å². The summed E-state index contributed by atoms with van der Waals surface area (Å²) in [6.07, 6.45) is 0.748. The van der Waals surface area contributed by atoms with E-state index >= 15 is 0 Å². The zero-order chi connectivity index (χ0) is 24.5. The van der Waals surface area contributed by atoms with Gasteiger partial charge in [-0.3, -0.25) is 0 Å². The molecule has 0 fully saturated rings. The van der Waals surface area contributed by atoms with Gasteiger partial charge in [-0.05, 0) is 75.8 Å². The van der Waals surface area contributed by atoms with E-state index in [1.54, 1.807) is 24.3 Å². The highest BCUT2D eigenvalue weighted by Crippen LogP contribution is 2.45. The maximum absolute atomic E-state index is 12.2. The average molecular weight is 445 g/mol. The molecule has 172 valence electrons. The lowest BCUT2D eigenvalue weighted by Gasteiger charge is -2.30. The number of carboxylic acids is 2. The topological polar surface area (TPSA) is 74.6 Å². The summed E-state index contributed by atoms with van der Waals surface area (Å²) in [5.41, 5.74) is 6.21. The molecule has 0 bridgehead atoms. The van der Waals surface area contributed by atoms with Crippen molar-refractivity contribution in [2.24, 2.45) is 5.92 Å². The van der Waals surface area contributed by atoms with Crippen LogP contribution >= 0.6 is 0 Å². The van der Waals surface area contributed by atoms with E-state index < -0.39 is 11.9 Å². The summed E-state index contributed by atoms with van der Waals surface area (Å²) in [6, 6.07) is 16.1. The molecule has 0 aliphatic rings. The average Bonchev–Trinajstić information content (AvgIpc) is 2.73. The molecule has 0 saturated carbocycles. The second-order valence-corrected chi connectivity index (χ2v) is 10.0. The van der Waals surface area contributed by atoms with Crippen LogP contribution in [0, 0.1) is 12.8 Å². The molecule has 0 aliphatic carbocycles. The molecule has 0 saturated heterocycles. The van der Waals surface area contributed by atoms with E-state index in [2.05, 4.69) is 40.7 Å². The third-order valence-corrected chi connectivity index (χ3v) is 5.91. The van der Waals surface area contributed by atoms with Gasteiger partial charge in [-0.1, -0.05) is 77.1 Å². The van der Waals surface area contributed by atoms with Crippen LogP contribution in [0.5, 0.6) is 0 Å². The zero-order valence-electron chi connectivity index (χ0n) is 20.2. The first-order chi connectivity index (χ1) is 15.4. The van der Waals surface area contributed by atoms with Gasteiger partial charge in [-0.15, -0.1) is 0 Å². The smallest absolute Gasteiger partial charge is 0.336 e. The lowest BCUT2D eigenvalue weighted by molar-refractivity contribution is 0.0686. The third-order valence-electron chi connectivity index (χ3n) is 5.91. The van der Waals surface area contributed by atoms with Gasteiger partial charge in [0.15, 0.2) is 0 Å². The number of hydrogen-bond donors (Lipinski definition) is 2. The summed E-state index contributed by atoms with van der Waals surface area (Å²) in [5.74, 6) is -1.68. The first-order valence-electron chi connectivity index (χ1n) is 11.3. The molecule has 0 aliphatic heterocycles. The SMILES string of the molecule is Cc1cc(C(C)(C)C)c(CC(C)C)c(-c2ccccc2C(=O)O)c1-c1ccccc1C(=O)O. The van der Waals surface area contributed by atoms with Crippen LogP contribution in [0.15, 0.2) is 54.6 Å². The number of carboxylic acid groups (broad SMARTS) is 2. The third kappa shape index (κ3) is 4.85. The van der Waals surface area contributed by atoms with Gasteiger partial charge in [-0.2, -0.15) is 0 Å². The Morgan fingerprint density at radius 1 is 0.818 bits per heavy atom. The van der Waals surface area contributed by atoms with Gasteiger partial charge < -0.3 is 10.2 Å². The van der Waals surface area contributed by atoms with Crippen molar-refractivity contribution < 1.29 is 19.8 Å². The van der Waals surface area contributed by atoms with Crippen LogP contribution in [0.4, 0.5) is 0 Å². The number of hydrogen-bond acceptors (Lipinski definition) is 2. The molecule has 0 atom stereocenters. The number of benzene rings is 3. The van der Waals surface area contributed by atoms with E-state index in [0.29, 0.717) is 17.0 Å². The highest BCUT2D eigenvalue weighted by molar-refractivity contribution is 6.04. The summed E-state index contributed by atoms with van der Waals surface area (Å²) in [4.78, 5) is 24.3. The van der Waals surface area contributed by atoms with Crippen molar-refractivity contribution in [1.82, 2.24) is 0 Å². The van der Waals surface area contributed by atoms with Gasteiger partial charge in [0.05, 0.1) is 11.1 Å². The number of aromatic carboxylic acids is 2. The molecule has 3 aromatic rings. The maximum Gasteiger partial charge on any atom is 0.336 e. The van der Waals surface area contributed by atoms with Crippen LogP contribution in [-0.2, 0) is 11.8 Å². The van der Waals surface area contributed by atoms with Gasteiger partial charge in [0.25, 0.3) is 0 Å². The Bertz CT molecular complexity index is 1210. The second-order valence-electron chi connectivity index (χ2n) is 10.0. The fourth-order valence-electron chi connectivity index (χ4n) is 4.57. The van der Waals surface area contributed by atoms with E-state index in [9.17, 15) is 19.8 Å². The van der Waals surface area contributed by atoms with Crippen molar-refractivity contribution >= 4 is 11.9 Å². The molecule has 33 heavy (non-hydrogen) atoms. The van der Waals surface area contributed by atoms with Crippen molar-refractivity contribution in [3.8, 4) is 22.3 Å². The molecule has 0 unspecified atom stereocenters. The predicted octanol–water partition coefficient (Wildman–Crippen LogP) is 7.22. The van der Waals surface area contributed by atoms with Crippen LogP contribution < -0.4 is 0 Å². The summed E-state index contributed by atoms with van der Waals surface area (Å²) >= 11 is 0. The minimum Gasteiger partial charge on any atom is -0.478 e. The molecule has 0 spiro atoms. The summed E-state index contributed by atoms with van der Waals surface area (Å²) in [5, 5.41) is 19.9. The van der Waals surface area contributed by atoms with E-state index in [4.69, 9.17) is 0 Å². The second kappa shape index (κ2) is 9.22. The lowest BCUT2D eigenvalue weighted by atomic mass is 9.74. The molecule has 4 heteroatoms. The maximum atomic E-state index is 12.2. The molecule has 0 radical (unpaired) electrons. The van der Waals surface area contributed by atoms with Gasteiger partial charge in [0.2, 0.25) is 0 Å². The van der Waals surface area contributed by atoms with Crippen LogP contribution in [0.1, 0.15) is 72.0 Å². The standard InChI is InChI=1S/C29H32O4/c1-17(2)15-23-24(29(4,5)6)16-18(3)25(19-11-7-9-13-21(19)27(30)31)26(23)20-12-8-10-14-22(20)28(32)33/h7-14,16-17H,15H2,1-6H3,(H,30,31)(H,32,33). The first-order valence-corrected chi connectivity index (χ1v) is 11.3. The van der Waals surface area contributed by atoms with Gasteiger partial charge in [-0.25, -0.2) is 9.59 Å². The van der Waals surface area contributed by atoms with E-state index in [0.717, 1.165) is 34.2 Å². The minimum absolute atomic E-state index is 0.174. The van der Waals surface area contributed by atoms with Crippen LogP contribution in [0.25, 0.3) is 22.3 Å². The Balaban J connectivity index is 2.61. The highest BCUT2D eigenvalue weighted by Gasteiger charge is 2.28. The quantitative estimate of drug-likeness (QED) is 0.421. The number of carbonyl (C=O) groups is 2.